The Morgan fingerprint density at radius 1 is 1.15 bits per heavy atom. The SMILES string of the molecule is COc1ncc(Nc2ccc(C3=NNC(=O)CC3C)cc2)cc1C(F)(F)F.O=CO.O=CO. The van der Waals surface area contributed by atoms with E-state index < -0.39 is 17.6 Å². The minimum atomic E-state index is -4.57. The molecule has 1 atom stereocenters. The molecule has 4 N–H and O–H groups in total. The van der Waals surface area contributed by atoms with Crippen LogP contribution in [0.4, 0.5) is 24.5 Å². The zero-order valence-corrected chi connectivity index (χ0v) is 17.5. The minimum Gasteiger partial charge on any atom is -0.483 e. The van der Waals surface area contributed by atoms with Gasteiger partial charge in [0.15, 0.2) is 0 Å². The van der Waals surface area contributed by atoms with Crippen LogP contribution in [-0.4, -0.2) is 46.9 Å². The van der Waals surface area contributed by atoms with Crippen LogP contribution >= 0.6 is 0 Å². The summed E-state index contributed by atoms with van der Waals surface area (Å²) >= 11 is 0. The lowest BCUT2D eigenvalue weighted by Gasteiger charge is -2.19. The predicted molar refractivity (Wildman–Crippen MR) is 111 cm³/mol. The molecule has 13 heteroatoms. The first-order chi connectivity index (χ1) is 15.6. The van der Waals surface area contributed by atoms with Crippen LogP contribution in [0.25, 0.3) is 0 Å². The fourth-order valence-electron chi connectivity index (χ4n) is 2.78. The van der Waals surface area contributed by atoms with Gasteiger partial charge in [-0.2, -0.15) is 18.3 Å². The molecule has 1 unspecified atom stereocenters. The van der Waals surface area contributed by atoms with E-state index in [9.17, 15) is 18.0 Å². The van der Waals surface area contributed by atoms with E-state index in [0.717, 1.165) is 24.5 Å². The van der Waals surface area contributed by atoms with Crippen LogP contribution in [-0.2, 0) is 20.6 Å². The van der Waals surface area contributed by atoms with Crippen molar-refractivity contribution in [2.45, 2.75) is 19.5 Å². The molecule has 178 valence electrons. The quantitative estimate of drug-likeness (QED) is 0.498. The molecular formula is C20H21F3N4O6. The van der Waals surface area contributed by atoms with Gasteiger partial charge in [0.1, 0.15) is 5.56 Å². The van der Waals surface area contributed by atoms with Crippen LogP contribution in [0.5, 0.6) is 5.88 Å². The van der Waals surface area contributed by atoms with Gasteiger partial charge in [0.25, 0.3) is 12.9 Å². The topological polar surface area (TPSA) is 150 Å². The highest BCUT2D eigenvalue weighted by Crippen LogP contribution is 2.36. The summed E-state index contributed by atoms with van der Waals surface area (Å²) < 4.78 is 43.9. The summed E-state index contributed by atoms with van der Waals surface area (Å²) in [7, 11) is 1.14. The van der Waals surface area contributed by atoms with Crippen molar-refractivity contribution in [1.29, 1.82) is 0 Å². The molecule has 3 rings (SSSR count). The van der Waals surface area contributed by atoms with E-state index in [1.165, 1.54) is 6.20 Å². The van der Waals surface area contributed by atoms with Gasteiger partial charge in [-0.3, -0.25) is 14.4 Å². The summed E-state index contributed by atoms with van der Waals surface area (Å²) in [5, 5.41) is 20.7. The fourth-order valence-corrected chi connectivity index (χ4v) is 2.78. The molecule has 2 heterocycles. The lowest BCUT2D eigenvalue weighted by molar-refractivity contribution is -0.139. The zero-order valence-electron chi connectivity index (χ0n) is 17.5. The minimum absolute atomic E-state index is 0.0160. The molecule has 1 amide bonds. The number of nitrogens with zero attached hydrogens (tertiary/aromatic N) is 2. The number of halogens is 3. The number of hydrogen-bond donors (Lipinski definition) is 4. The highest BCUT2D eigenvalue weighted by molar-refractivity contribution is 6.05. The van der Waals surface area contributed by atoms with E-state index in [4.69, 9.17) is 19.8 Å². The Kier molecular flexibility index (Phi) is 10.3. The second kappa shape index (κ2) is 12.6. The Morgan fingerprint density at radius 3 is 2.21 bits per heavy atom. The van der Waals surface area contributed by atoms with E-state index in [0.29, 0.717) is 12.1 Å². The average molecular weight is 470 g/mol. The van der Waals surface area contributed by atoms with Crippen LogP contribution in [0.3, 0.4) is 0 Å². The molecule has 0 saturated heterocycles. The number of pyridine rings is 1. The molecule has 33 heavy (non-hydrogen) atoms. The molecule has 1 aromatic carbocycles. The number of carbonyl (C=O) groups excluding carboxylic acids is 1. The largest absolute Gasteiger partial charge is 0.483 e. The highest BCUT2D eigenvalue weighted by Gasteiger charge is 2.35. The first kappa shape index (κ1) is 26.9. The number of methoxy groups -OCH3 is 1. The van der Waals surface area contributed by atoms with Gasteiger partial charge in [0.2, 0.25) is 11.8 Å². The Hall–Kier alpha value is -4.16. The number of benzene rings is 1. The number of amides is 1. The number of alkyl halides is 3. The molecule has 1 aliphatic heterocycles. The van der Waals surface area contributed by atoms with Gasteiger partial charge >= 0.3 is 6.18 Å². The van der Waals surface area contributed by atoms with Gasteiger partial charge in [-0.25, -0.2) is 10.4 Å². The van der Waals surface area contributed by atoms with E-state index >= 15 is 0 Å². The van der Waals surface area contributed by atoms with Crippen LogP contribution in [0.2, 0.25) is 0 Å². The van der Waals surface area contributed by atoms with Gasteiger partial charge in [-0.05, 0) is 23.8 Å². The van der Waals surface area contributed by atoms with Crippen molar-refractivity contribution < 1.29 is 42.5 Å². The molecule has 0 bridgehead atoms. The van der Waals surface area contributed by atoms with Crippen molar-refractivity contribution in [1.82, 2.24) is 10.4 Å². The number of hydrazone groups is 1. The van der Waals surface area contributed by atoms with Crippen LogP contribution in [0.15, 0.2) is 41.6 Å². The number of hydrogen-bond acceptors (Lipinski definition) is 7. The Labute approximate surface area is 186 Å². The third kappa shape index (κ3) is 8.12. The molecule has 10 nitrogen and oxygen atoms in total. The van der Waals surface area contributed by atoms with Crippen LogP contribution in [0, 0.1) is 5.92 Å². The Bertz CT molecular complexity index is 975. The van der Waals surface area contributed by atoms with Gasteiger partial charge in [0.05, 0.1) is 24.7 Å². The second-order valence-electron chi connectivity index (χ2n) is 6.33. The second-order valence-corrected chi connectivity index (χ2v) is 6.33. The standard InChI is InChI=1S/C18H17F3N4O2.2CH2O2/c1-10-7-15(26)24-25-16(10)11-3-5-12(6-4-11)23-13-8-14(18(19,20)21)17(27-2)22-9-13;2*2-1-3/h3-6,8-10,23H,7H2,1-2H3,(H,24,26);2*1H,(H,2,3). The van der Waals surface area contributed by atoms with Crippen molar-refractivity contribution in [2.24, 2.45) is 11.0 Å². The summed E-state index contributed by atoms with van der Waals surface area (Å²) in [6.45, 7) is 1.41. The van der Waals surface area contributed by atoms with E-state index in [1.54, 1.807) is 24.3 Å². The predicted octanol–water partition coefficient (Wildman–Crippen LogP) is 3.11. The smallest absolute Gasteiger partial charge is 0.421 e. The van der Waals surface area contributed by atoms with Gasteiger partial charge in [-0.1, -0.05) is 19.1 Å². The number of rotatable bonds is 4. The maximum absolute atomic E-state index is 13.1. The summed E-state index contributed by atoms with van der Waals surface area (Å²) in [5.41, 5.74) is 3.87. The average Bonchev–Trinajstić information content (AvgIpc) is 2.75. The third-order valence-electron chi connectivity index (χ3n) is 4.08. The summed E-state index contributed by atoms with van der Waals surface area (Å²) in [5.74, 6) is -0.621. The van der Waals surface area contributed by atoms with E-state index in [2.05, 4.69) is 25.6 Å². The number of anilines is 2. The summed E-state index contributed by atoms with van der Waals surface area (Å²) in [6, 6.07) is 7.97. The van der Waals surface area contributed by atoms with Crippen molar-refractivity contribution >= 4 is 35.9 Å². The number of carboxylic acid groups (broad SMARTS) is 2. The van der Waals surface area contributed by atoms with Crippen LogP contribution in [0.1, 0.15) is 24.5 Å². The molecule has 0 radical (unpaired) electrons. The maximum Gasteiger partial charge on any atom is 0.421 e. The molecule has 0 aliphatic carbocycles. The molecule has 1 aliphatic rings. The Balaban J connectivity index is 0.000000819. The third-order valence-corrected chi connectivity index (χ3v) is 4.08. The van der Waals surface area contributed by atoms with Crippen molar-refractivity contribution in [3.63, 3.8) is 0 Å². The molecule has 0 spiro atoms. The van der Waals surface area contributed by atoms with E-state index in [-0.39, 0.29) is 30.5 Å². The monoisotopic (exact) mass is 470 g/mol. The number of carbonyl (C=O) groups is 3. The first-order valence-corrected chi connectivity index (χ1v) is 9.12. The lowest BCUT2D eigenvalue weighted by Crippen LogP contribution is -2.31. The lowest BCUT2D eigenvalue weighted by atomic mass is 9.94. The van der Waals surface area contributed by atoms with Gasteiger partial charge < -0.3 is 20.3 Å². The molecule has 1 aromatic heterocycles. The summed E-state index contributed by atoms with van der Waals surface area (Å²) in [4.78, 5) is 31.8. The summed E-state index contributed by atoms with van der Waals surface area (Å²) in [6.07, 6.45) is -2.94. The van der Waals surface area contributed by atoms with Crippen molar-refractivity contribution in [3.05, 3.63) is 47.7 Å². The van der Waals surface area contributed by atoms with Gasteiger partial charge in [-0.15, -0.1) is 0 Å². The first-order valence-electron chi connectivity index (χ1n) is 9.12. The highest BCUT2D eigenvalue weighted by atomic mass is 19.4. The Morgan fingerprint density at radius 2 is 1.73 bits per heavy atom. The molecule has 0 saturated carbocycles. The molecule has 2 aromatic rings. The van der Waals surface area contributed by atoms with Crippen molar-refractivity contribution in [3.8, 4) is 5.88 Å². The normalized spacial score (nSPS) is 14.8. The van der Waals surface area contributed by atoms with Gasteiger partial charge in [0, 0.05) is 18.0 Å². The zero-order chi connectivity index (χ0) is 25.0. The van der Waals surface area contributed by atoms with Crippen molar-refractivity contribution in [2.75, 3.05) is 12.4 Å². The number of aromatic nitrogens is 1. The molecular weight excluding hydrogens is 449 g/mol. The fraction of sp³-hybridized carbons (Fsp3) is 0.250. The number of nitrogens with one attached hydrogen (secondary N) is 2. The van der Waals surface area contributed by atoms with Crippen LogP contribution < -0.4 is 15.5 Å². The maximum atomic E-state index is 13.1. The molecule has 0 fully saturated rings. The number of ether oxygens (including phenoxy) is 1. The van der Waals surface area contributed by atoms with E-state index in [1.807, 2.05) is 6.92 Å².